The van der Waals surface area contributed by atoms with Gasteiger partial charge in [-0.25, -0.2) is 4.79 Å². The number of hydrogen-bond acceptors (Lipinski definition) is 3. The Kier molecular flexibility index (Phi) is 2.49. The predicted molar refractivity (Wildman–Crippen MR) is 57.8 cm³/mol. The molecule has 4 nitrogen and oxygen atoms in total. The van der Waals surface area contributed by atoms with Crippen LogP contribution in [0.3, 0.4) is 0 Å². The maximum atomic E-state index is 11.1. The Morgan fingerprint density at radius 1 is 1.33 bits per heavy atom. The molecule has 76 valence electrons. The van der Waals surface area contributed by atoms with Crippen LogP contribution in [0.25, 0.3) is 10.8 Å². The third-order valence-corrected chi connectivity index (χ3v) is 2.09. The normalized spacial score (nSPS) is 9.93. The van der Waals surface area contributed by atoms with E-state index < -0.39 is 6.09 Å². The predicted octanol–water partition coefficient (Wildman–Crippen LogP) is 2.41. The lowest BCUT2D eigenvalue weighted by Gasteiger charge is -2.06. The molecule has 0 atom stereocenters. The van der Waals surface area contributed by atoms with Gasteiger partial charge >= 0.3 is 6.09 Å². The molecule has 2 aromatic rings. The number of aromatic nitrogens is 1. The van der Waals surface area contributed by atoms with Gasteiger partial charge in [0.15, 0.2) is 0 Å². The van der Waals surface area contributed by atoms with E-state index in [9.17, 15) is 4.79 Å². The lowest BCUT2D eigenvalue weighted by Crippen LogP contribution is -2.11. The average molecular weight is 202 g/mol. The molecule has 0 saturated heterocycles. The molecule has 1 aromatic heterocycles. The Balaban J connectivity index is 2.46. The fourth-order valence-electron chi connectivity index (χ4n) is 1.38. The summed E-state index contributed by atoms with van der Waals surface area (Å²) in [6.07, 6.45) is 2.85. The first-order valence-electron chi connectivity index (χ1n) is 4.49. The van der Waals surface area contributed by atoms with E-state index in [2.05, 4.69) is 15.0 Å². The van der Waals surface area contributed by atoms with E-state index >= 15 is 0 Å². The van der Waals surface area contributed by atoms with Crippen LogP contribution in [0.2, 0.25) is 0 Å². The number of nitrogens with zero attached hydrogens (tertiary/aromatic N) is 1. The van der Waals surface area contributed by atoms with E-state index in [1.54, 1.807) is 12.4 Å². The topological polar surface area (TPSA) is 51.2 Å². The summed E-state index contributed by atoms with van der Waals surface area (Å²) in [5.41, 5.74) is 0.653. The van der Waals surface area contributed by atoms with Crippen molar-refractivity contribution >= 4 is 22.6 Å². The van der Waals surface area contributed by atoms with Crippen molar-refractivity contribution in [3.8, 4) is 0 Å². The van der Waals surface area contributed by atoms with Crippen molar-refractivity contribution in [3.05, 3.63) is 36.7 Å². The number of rotatable bonds is 1. The number of hydrogen-bond donors (Lipinski definition) is 1. The van der Waals surface area contributed by atoms with Crippen LogP contribution in [0.4, 0.5) is 10.5 Å². The van der Waals surface area contributed by atoms with E-state index in [0.717, 1.165) is 10.8 Å². The third-order valence-electron chi connectivity index (χ3n) is 2.09. The summed E-state index contributed by atoms with van der Waals surface area (Å²) >= 11 is 0. The van der Waals surface area contributed by atoms with Gasteiger partial charge in [0.2, 0.25) is 0 Å². The molecule has 0 spiro atoms. The van der Waals surface area contributed by atoms with Crippen LogP contribution < -0.4 is 5.32 Å². The molecule has 0 aliphatic heterocycles. The largest absolute Gasteiger partial charge is 0.453 e. The van der Waals surface area contributed by atoms with Gasteiger partial charge in [0.05, 0.1) is 19.0 Å². The molecule has 2 rings (SSSR count). The van der Waals surface area contributed by atoms with E-state index in [-0.39, 0.29) is 0 Å². The minimum absolute atomic E-state index is 0.492. The maximum absolute atomic E-state index is 11.1. The second kappa shape index (κ2) is 3.96. The molecule has 0 aliphatic carbocycles. The molecule has 4 heteroatoms. The van der Waals surface area contributed by atoms with Gasteiger partial charge in [0.25, 0.3) is 0 Å². The highest BCUT2D eigenvalue weighted by atomic mass is 16.5. The number of methoxy groups -OCH3 is 1. The number of carbonyl (C=O) groups excluding carboxylic acids is 1. The summed E-state index contributed by atoms with van der Waals surface area (Å²) in [7, 11) is 1.33. The van der Waals surface area contributed by atoms with Gasteiger partial charge in [-0.05, 0) is 0 Å². The highest BCUT2D eigenvalue weighted by molar-refractivity contribution is 5.99. The zero-order valence-corrected chi connectivity index (χ0v) is 8.23. The van der Waals surface area contributed by atoms with Gasteiger partial charge in [-0.15, -0.1) is 0 Å². The maximum Gasteiger partial charge on any atom is 0.411 e. The molecule has 0 bridgehead atoms. The van der Waals surface area contributed by atoms with Crippen LogP contribution in [0.1, 0.15) is 0 Å². The Morgan fingerprint density at radius 3 is 2.93 bits per heavy atom. The van der Waals surface area contributed by atoms with Gasteiger partial charge < -0.3 is 4.74 Å². The first-order chi connectivity index (χ1) is 7.31. The zero-order valence-electron chi connectivity index (χ0n) is 8.23. The lowest BCUT2D eigenvalue weighted by atomic mass is 10.1. The Bertz CT molecular complexity index is 491. The van der Waals surface area contributed by atoms with Gasteiger partial charge in [0.1, 0.15) is 0 Å². The van der Waals surface area contributed by atoms with Gasteiger partial charge in [-0.2, -0.15) is 0 Å². The minimum Gasteiger partial charge on any atom is -0.453 e. The summed E-state index contributed by atoms with van der Waals surface area (Å²) in [4.78, 5) is 15.1. The lowest BCUT2D eigenvalue weighted by molar-refractivity contribution is 0.187. The summed E-state index contributed by atoms with van der Waals surface area (Å²) in [6.45, 7) is 0. The minimum atomic E-state index is -0.492. The number of ether oxygens (including phenoxy) is 1. The van der Waals surface area contributed by atoms with Crippen LogP contribution >= 0.6 is 0 Å². The van der Waals surface area contributed by atoms with E-state index in [4.69, 9.17) is 0 Å². The fourth-order valence-corrected chi connectivity index (χ4v) is 1.38. The first kappa shape index (κ1) is 9.45. The Labute approximate surface area is 86.9 Å². The van der Waals surface area contributed by atoms with Crippen molar-refractivity contribution in [2.75, 3.05) is 12.4 Å². The van der Waals surface area contributed by atoms with E-state index in [1.807, 2.05) is 24.3 Å². The summed E-state index contributed by atoms with van der Waals surface area (Å²) < 4.78 is 4.53. The molecule has 0 radical (unpaired) electrons. The van der Waals surface area contributed by atoms with Crippen LogP contribution in [0.5, 0.6) is 0 Å². The molecular weight excluding hydrogens is 192 g/mol. The molecule has 1 N–H and O–H groups in total. The molecule has 1 aromatic carbocycles. The fraction of sp³-hybridized carbons (Fsp3) is 0.0909. The monoisotopic (exact) mass is 202 g/mol. The molecule has 1 heterocycles. The quantitative estimate of drug-likeness (QED) is 0.772. The van der Waals surface area contributed by atoms with Crippen LogP contribution in [0.15, 0.2) is 36.7 Å². The third kappa shape index (κ3) is 1.88. The number of nitrogens with one attached hydrogen (secondary N) is 1. The summed E-state index contributed by atoms with van der Waals surface area (Å²) in [6, 6.07) is 7.68. The molecule has 0 unspecified atom stereocenters. The Hall–Kier alpha value is -2.10. The number of amides is 1. The summed E-state index contributed by atoms with van der Waals surface area (Å²) in [5.74, 6) is 0. The molecule has 0 fully saturated rings. The second-order valence-electron chi connectivity index (χ2n) is 3.02. The summed E-state index contributed by atoms with van der Waals surface area (Å²) in [5, 5.41) is 4.53. The van der Waals surface area contributed by atoms with Gasteiger partial charge in [-0.3, -0.25) is 10.3 Å². The second-order valence-corrected chi connectivity index (χ2v) is 3.02. The standard InChI is InChI=1S/C11H10N2O2/c1-15-11(14)13-10-7-12-6-8-4-2-3-5-9(8)10/h2-7H,1H3,(H,13,14). The van der Waals surface area contributed by atoms with Crippen molar-refractivity contribution in [2.45, 2.75) is 0 Å². The zero-order chi connectivity index (χ0) is 10.7. The number of benzene rings is 1. The number of pyridine rings is 1. The van der Waals surface area contributed by atoms with Gasteiger partial charge in [0, 0.05) is 17.0 Å². The number of fused-ring (bicyclic) bond motifs is 1. The highest BCUT2D eigenvalue weighted by Crippen LogP contribution is 2.21. The average Bonchev–Trinajstić information content (AvgIpc) is 2.29. The molecule has 0 aliphatic rings. The van der Waals surface area contributed by atoms with Crippen LogP contribution in [-0.4, -0.2) is 18.2 Å². The smallest absolute Gasteiger partial charge is 0.411 e. The van der Waals surface area contributed by atoms with Crippen molar-refractivity contribution in [1.29, 1.82) is 0 Å². The van der Waals surface area contributed by atoms with Gasteiger partial charge in [-0.1, -0.05) is 24.3 Å². The van der Waals surface area contributed by atoms with Crippen molar-refractivity contribution in [3.63, 3.8) is 0 Å². The number of anilines is 1. The van der Waals surface area contributed by atoms with Crippen molar-refractivity contribution in [1.82, 2.24) is 4.98 Å². The van der Waals surface area contributed by atoms with Crippen molar-refractivity contribution < 1.29 is 9.53 Å². The SMILES string of the molecule is COC(=O)Nc1cncc2ccccc12. The molecular formula is C11H10N2O2. The van der Waals surface area contributed by atoms with Crippen LogP contribution in [0, 0.1) is 0 Å². The Morgan fingerprint density at radius 2 is 2.13 bits per heavy atom. The highest BCUT2D eigenvalue weighted by Gasteiger charge is 2.04. The van der Waals surface area contributed by atoms with E-state index in [0.29, 0.717) is 5.69 Å². The van der Waals surface area contributed by atoms with E-state index in [1.165, 1.54) is 7.11 Å². The number of carbonyl (C=O) groups is 1. The molecule has 15 heavy (non-hydrogen) atoms. The molecule has 1 amide bonds. The first-order valence-corrected chi connectivity index (χ1v) is 4.49. The van der Waals surface area contributed by atoms with Crippen LogP contribution in [-0.2, 0) is 4.74 Å². The van der Waals surface area contributed by atoms with Crippen molar-refractivity contribution in [2.24, 2.45) is 0 Å². The molecule has 0 saturated carbocycles.